The lowest BCUT2D eigenvalue weighted by Crippen LogP contribution is -2.56. The number of hydrogen-bond donors (Lipinski definition) is 2. The van der Waals surface area contributed by atoms with Crippen LogP contribution in [0.2, 0.25) is 0 Å². The molecule has 0 spiro atoms. The van der Waals surface area contributed by atoms with Crippen molar-refractivity contribution in [2.24, 2.45) is 5.73 Å². The van der Waals surface area contributed by atoms with Crippen LogP contribution in [0.3, 0.4) is 0 Å². The number of primary amides is 1. The second kappa shape index (κ2) is 9.82. The van der Waals surface area contributed by atoms with Crippen LogP contribution in [-0.2, 0) is 32.1 Å². The highest BCUT2D eigenvalue weighted by Gasteiger charge is 2.35. The summed E-state index contributed by atoms with van der Waals surface area (Å²) in [7, 11) is 0. The van der Waals surface area contributed by atoms with Gasteiger partial charge in [0.1, 0.15) is 12.1 Å². The Labute approximate surface area is 175 Å². The van der Waals surface area contributed by atoms with Gasteiger partial charge in [-0.15, -0.1) is 0 Å². The maximum atomic E-state index is 13.1. The molecule has 1 aliphatic rings. The van der Waals surface area contributed by atoms with Gasteiger partial charge in [0.25, 0.3) is 5.91 Å². The third-order valence-electron chi connectivity index (χ3n) is 5.22. The smallest absolute Gasteiger partial charge is 0.287 e. The highest BCUT2D eigenvalue weighted by Crippen LogP contribution is 2.21. The number of carbonyl (C=O) groups excluding carboxylic acids is 4. The Balaban J connectivity index is 1.77. The zero-order chi connectivity index (χ0) is 21.5. The van der Waals surface area contributed by atoms with E-state index in [4.69, 9.17) is 5.73 Å². The average molecular weight is 407 g/mol. The maximum Gasteiger partial charge on any atom is 0.287 e. The van der Waals surface area contributed by atoms with Crippen LogP contribution in [0.1, 0.15) is 30.4 Å². The third kappa shape index (κ3) is 5.31. The lowest BCUT2D eigenvalue weighted by Gasteiger charge is -2.35. The van der Waals surface area contributed by atoms with Crippen molar-refractivity contribution < 1.29 is 19.2 Å². The number of nitrogens with one attached hydrogen (secondary N) is 1. The van der Waals surface area contributed by atoms with Crippen LogP contribution in [0.4, 0.5) is 0 Å². The van der Waals surface area contributed by atoms with Crippen LogP contribution in [-0.4, -0.2) is 40.5 Å². The molecule has 3 amide bonds. The number of Topliss-reactive ketones (excluding diaryl/α,β-unsaturated/α-hetero) is 1. The van der Waals surface area contributed by atoms with E-state index in [1.165, 1.54) is 0 Å². The van der Waals surface area contributed by atoms with Gasteiger partial charge in [0.2, 0.25) is 17.6 Å². The Kier molecular flexibility index (Phi) is 6.95. The molecule has 7 heteroatoms. The fourth-order valence-electron chi connectivity index (χ4n) is 3.67. The van der Waals surface area contributed by atoms with E-state index in [9.17, 15) is 19.2 Å². The Morgan fingerprint density at radius 3 is 2.20 bits per heavy atom. The van der Waals surface area contributed by atoms with Gasteiger partial charge in [-0.25, -0.2) is 0 Å². The summed E-state index contributed by atoms with van der Waals surface area (Å²) in [4.78, 5) is 51.0. The number of benzene rings is 2. The largest absolute Gasteiger partial charge is 0.363 e. The molecule has 7 nitrogen and oxygen atoms in total. The van der Waals surface area contributed by atoms with Crippen LogP contribution in [0, 0.1) is 0 Å². The average Bonchev–Trinajstić information content (AvgIpc) is 2.75. The van der Waals surface area contributed by atoms with Crippen molar-refractivity contribution in [1.82, 2.24) is 10.2 Å². The SMILES string of the molecule is NC(=O)C(=O)C(Cc1ccccc1)NC(=O)[C@@H]1CCCC(=O)N1Cc1ccccc1. The first-order valence-corrected chi connectivity index (χ1v) is 9.97. The number of carbonyl (C=O) groups is 4. The van der Waals surface area contributed by atoms with Gasteiger partial charge >= 0.3 is 0 Å². The molecule has 0 radical (unpaired) electrons. The summed E-state index contributed by atoms with van der Waals surface area (Å²) in [6, 6.07) is 16.7. The molecular weight excluding hydrogens is 382 g/mol. The van der Waals surface area contributed by atoms with E-state index in [0.29, 0.717) is 25.8 Å². The Hall–Kier alpha value is -3.48. The molecule has 2 aromatic carbocycles. The number of amides is 3. The third-order valence-corrected chi connectivity index (χ3v) is 5.22. The number of piperidine rings is 1. The molecule has 156 valence electrons. The number of hydrogen-bond acceptors (Lipinski definition) is 4. The predicted octanol–water partition coefficient (Wildman–Crippen LogP) is 1.35. The number of nitrogens with zero attached hydrogens (tertiary/aromatic N) is 1. The van der Waals surface area contributed by atoms with Crippen molar-refractivity contribution in [3.63, 3.8) is 0 Å². The summed E-state index contributed by atoms with van der Waals surface area (Å²) in [6.07, 6.45) is 1.61. The van der Waals surface area contributed by atoms with Crippen molar-refractivity contribution in [3.05, 3.63) is 71.8 Å². The molecule has 3 N–H and O–H groups in total. The highest BCUT2D eigenvalue weighted by atomic mass is 16.2. The monoisotopic (exact) mass is 407 g/mol. The first kappa shape index (κ1) is 21.2. The van der Waals surface area contributed by atoms with Gasteiger partial charge in [-0.1, -0.05) is 60.7 Å². The molecule has 0 aromatic heterocycles. The van der Waals surface area contributed by atoms with Crippen molar-refractivity contribution >= 4 is 23.5 Å². The fraction of sp³-hybridized carbons (Fsp3) is 0.304. The van der Waals surface area contributed by atoms with Crippen molar-refractivity contribution in [3.8, 4) is 0 Å². The van der Waals surface area contributed by atoms with E-state index >= 15 is 0 Å². The molecular formula is C23H25N3O4. The van der Waals surface area contributed by atoms with Crippen molar-refractivity contribution in [2.45, 2.75) is 44.3 Å². The summed E-state index contributed by atoms with van der Waals surface area (Å²) in [5, 5.41) is 2.67. The van der Waals surface area contributed by atoms with Crippen LogP contribution in [0.15, 0.2) is 60.7 Å². The molecule has 1 aliphatic heterocycles. The van der Waals surface area contributed by atoms with Gasteiger partial charge in [-0.3, -0.25) is 19.2 Å². The minimum absolute atomic E-state index is 0.105. The summed E-state index contributed by atoms with van der Waals surface area (Å²) in [5.41, 5.74) is 6.90. The molecule has 1 fully saturated rings. The minimum Gasteiger partial charge on any atom is -0.363 e. The lowest BCUT2D eigenvalue weighted by atomic mass is 9.97. The van der Waals surface area contributed by atoms with Gasteiger partial charge in [-0.05, 0) is 24.0 Å². The molecule has 30 heavy (non-hydrogen) atoms. The van der Waals surface area contributed by atoms with Crippen molar-refractivity contribution in [1.29, 1.82) is 0 Å². The summed E-state index contributed by atoms with van der Waals surface area (Å²) in [6.45, 7) is 0.310. The van der Waals surface area contributed by atoms with E-state index in [-0.39, 0.29) is 12.3 Å². The van der Waals surface area contributed by atoms with E-state index in [0.717, 1.165) is 11.1 Å². The summed E-state index contributed by atoms with van der Waals surface area (Å²) >= 11 is 0. The molecule has 2 atom stereocenters. The van der Waals surface area contributed by atoms with Gasteiger partial charge in [0, 0.05) is 19.4 Å². The summed E-state index contributed by atoms with van der Waals surface area (Å²) in [5.74, 6) is -2.51. The highest BCUT2D eigenvalue weighted by molar-refractivity contribution is 6.37. The molecule has 2 aromatic rings. The zero-order valence-electron chi connectivity index (χ0n) is 16.6. The normalized spacial score (nSPS) is 17.3. The minimum atomic E-state index is -1.10. The van der Waals surface area contributed by atoms with E-state index in [1.807, 2.05) is 48.5 Å². The molecule has 0 saturated carbocycles. The van der Waals surface area contributed by atoms with Crippen LogP contribution in [0.5, 0.6) is 0 Å². The number of likely N-dealkylation sites (tertiary alicyclic amines) is 1. The second-order valence-corrected chi connectivity index (χ2v) is 7.39. The van der Waals surface area contributed by atoms with Gasteiger partial charge in [-0.2, -0.15) is 0 Å². The molecule has 0 aliphatic carbocycles. The quantitative estimate of drug-likeness (QED) is 0.644. The maximum absolute atomic E-state index is 13.1. The number of nitrogens with two attached hydrogens (primary N) is 1. The van der Waals surface area contributed by atoms with Crippen LogP contribution < -0.4 is 11.1 Å². The lowest BCUT2D eigenvalue weighted by molar-refractivity contribution is -0.145. The van der Waals surface area contributed by atoms with E-state index < -0.39 is 29.7 Å². The van der Waals surface area contributed by atoms with Gasteiger partial charge in [0.15, 0.2) is 0 Å². The Bertz CT molecular complexity index is 915. The molecule has 0 bridgehead atoms. The Morgan fingerprint density at radius 2 is 1.60 bits per heavy atom. The zero-order valence-corrected chi connectivity index (χ0v) is 16.6. The fourth-order valence-corrected chi connectivity index (χ4v) is 3.67. The molecule has 1 saturated heterocycles. The Morgan fingerprint density at radius 1 is 1.00 bits per heavy atom. The van der Waals surface area contributed by atoms with Gasteiger partial charge < -0.3 is 16.0 Å². The molecule has 1 unspecified atom stereocenters. The predicted molar refractivity (Wildman–Crippen MR) is 111 cm³/mol. The van der Waals surface area contributed by atoms with Crippen LogP contribution >= 0.6 is 0 Å². The van der Waals surface area contributed by atoms with Crippen molar-refractivity contribution in [2.75, 3.05) is 0 Å². The van der Waals surface area contributed by atoms with E-state index in [2.05, 4.69) is 5.32 Å². The molecule has 1 heterocycles. The first-order valence-electron chi connectivity index (χ1n) is 9.97. The van der Waals surface area contributed by atoms with E-state index in [1.54, 1.807) is 17.0 Å². The summed E-state index contributed by atoms with van der Waals surface area (Å²) < 4.78 is 0. The van der Waals surface area contributed by atoms with Gasteiger partial charge in [0.05, 0.1) is 0 Å². The number of rotatable bonds is 8. The first-order chi connectivity index (χ1) is 14.5. The topological polar surface area (TPSA) is 110 Å². The van der Waals surface area contributed by atoms with Crippen LogP contribution in [0.25, 0.3) is 0 Å². The number of ketones is 1. The standard InChI is InChI=1S/C23H25N3O4/c24-22(29)21(28)18(14-16-8-3-1-4-9-16)25-23(30)19-12-7-13-20(27)26(19)15-17-10-5-2-6-11-17/h1-6,8-11,18-19H,7,12-15H2,(H2,24,29)(H,25,30)/t18?,19-/m0/s1. The second-order valence-electron chi connectivity index (χ2n) is 7.39. The molecule has 3 rings (SSSR count).